The molecule has 0 heterocycles. The van der Waals surface area contributed by atoms with E-state index in [2.05, 4.69) is 0 Å². The smallest absolute Gasteiger partial charge is 0.328 e. The lowest BCUT2D eigenvalue weighted by Gasteiger charge is -1.93. The highest BCUT2D eigenvalue weighted by Crippen LogP contribution is 2.01. The first kappa shape index (κ1) is 15.1. The highest BCUT2D eigenvalue weighted by molar-refractivity contribution is 5.94. The van der Waals surface area contributed by atoms with Crippen molar-refractivity contribution in [3.8, 4) is 0 Å². The summed E-state index contributed by atoms with van der Waals surface area (Å²) in [7, 11) is 0. The predicted octanol–water partition coefficient (Wildman–Crippen LogP) is 3.06. The van der Waals surface area contributed by atoms with Crippen molar-refractivity contribution in [1.82, 2.24) is 0 Å². The van der Waals surface area contributed by atoms with Crippen molar-refractivity contribution in [2.45, 2.75) is 27.2 Å². The van der Waals surface area contributed by atoms with Crippen molar-refractivity contribution in [1.29, 1.82) is 0 Å². The Morgan fingerprint density at radius 2 is 1.65 bits per heavy atom. The maximum Gasteiger partial charge on any atom is 0.328 e. The first-order valence-electron chi connectivity index (χ1n) is 5.43. The maximum atomic E-state index is 11.2. The van der Waals surface area contributed by atoms with E-state index in [1.807, 2.05) is 19.9 Å². The number of carbonyl (C=O) groups excluding carboxylic acids is 1. The summed E-state index contributed by atoms with van der Waals surface area (Å²) >= 11 is 0. The van der Waals surface area contributed by atoms with Gasteiger partial charge < -0.3 is 5.11 Å². The van der Waals surface area contributed by atoms with Crippen LogP contribution in [-0.2, 0) is 9.59 Å². The maximum absolute atomic E-state index is 11.2. The molecule has 0 aliphatic carbocycles. The van der Waals surface area contributed by atoms with Gasteiger partial charge in [0, 0.05) is 12.5 Å². The molecule has 17 heavy (non-hydrogen) atoms. The second-order valence-corrected chi connectivity index (χ2v) is 3.59. The number of ketones is 1. The van der Waals surface area contributed by atoms with Gasteiger partial charge in [0.05, 0.1) is 0 Å². The van der Waals surface area contributed by atoms with Gasteiger partial charge in [-0.15, -0.1) is 0 Å². The normalized spacial score (nSPS) is 13.6. The number of hydrogen-bond donors (Lipinski definition) is 1. The van der Waals surface area contributed by atoms with Gasteiger partial charge in [0.1, 0.15) is 0 Å². The van der Waals surface area contributed by atoms with Crippen LogP contribution in [0.5, 0.6) is 0 Å². The van der Waals surface area contributed by atoms with E-state index in [4.69, 9.17) is 5.11 Å². The summed E-state index contributed by atoms with van der Waals surface area (Å²) in [6.45, 7) is 5.46. The number of aliphatic carboxylic acids is 1. The van der Waals surface area contributed by atoms with Crippen molar-refractivity contribution in [2.24, 2.45) is 0 Å². The van der Waals surface area contributed by atoms with Crippen molar-refractivity contribution in [3.63, 3.8) is 0 Å². The molecule has 0 aromatic rings. The number of rotatable bonds is 6. The van der Waals surface area contributed by atoms with Gasteiger partial charge in [-0.2, -0.15) is 0 Å². The number of hydrogen-bond acceptors (Lipinski definition) is 2. The zero-order valence-corrected chi connectivity index (χ0v) is 10.4. The van der Waals surface area contributed by atoms with Gasteiger partial charge in [0.2, 0.25) is 0 Å². The Bertz CT molecular complexity index is 396. The number of allylic oxidation sites excluding steroid dienone is 7. The highest BCUT2D eigenvalue weighted by Gasteiger charge is 1.97. The van der Waals surface area contributed by atoms with E-state index in [0.29, 0.717) is 6.42 Å². The Labute approximate surface area is 102 Å². The molecule has 0 aromatic heterocycles. The molecule has 0 aliphatic rings. The Kier molecular flexibility index (Phi) is 7.35. The minimum Gasteiger partial charge on any atom is -0.478 e. The second-order valence-electron chi connectivity index (χ2n) is 3.59. The van der Waals surface area contributed by atoms with Gasteiger partial charge >= 0.3 is 5.97 Å². The number of carboxylic acids is 1. The summed E-state index contributed by atoms with van der Waals surface area (Å²) < 4.78 is 0. The standard InChI is InChI=1S/C14H18O3/c1-4-13(15)12(3)9-5-7-11(2)8-6-10-14(16)17/h5-10H,4H2,1-3H3,(H,16,17)/b7-5+,10-6+,11-8-,12-9-. The minimum absolute atomic E-state index is 0.127. The molecule has 0 radical (unpaired) electrons. The largest absolute Gasteiger partial charge is 0.478 e. The van der Waals surface area contributed by atoms with Crippen LogP contribution in [0.25, 0.3) is 0 Å². The Balaban J connectivity index is 4.44. The van der Waals surface area contributed by atoms with E-state index in [9.17, 15) is 9.59 Å². The monoisotopic (exact) mass is 234 g/mol. The third kappa shape index (κ3) is 7.96. The van der Waals surface area contributed by atoms with E-state index >= 15 is 0 Å². The molecule has 1 N–H and O–H groups in total. The quantitative estimate of drug-likeness (QED) is 0.567. The van der Waals surface area contributed by atoms with Crippen LogP contribution in [0.4, 0.5) is 0 Å². The summed E-state index contributed by atoms with van der Waals surface area (Å²) in [4.78, 5) is 21.5. The van der Waals surface area contributed by atoms with E-state index < -0.39 is 5.97 Å². The summed E-state index contributed by atoms with van der Waals surface area (Å²) in [5, 5.41) is 8.38. The zero-order valence-electron chi connectivity index (χ0n) is 10.4. The average molecular weight is 234 g/mol. The third-order valence-corrected chi connectivity index (χ3v) is 2.06. The van der Waals surface area contributed by atoms with Crippen LogP contribution in [0.15, 0.2) is 47.6 Å². The molecular formula is C14H18O3. The molecule has 0 amide bonds. The molecule has 0 spiro atoms. The Morgan fingerprint density at radius 3 is 2.18 bits per heavy atom. The molecule has 0 saturated heterocycles. The second kappa shape index (κ2) is 8.28. The molecule has 0 aromatic carbocycles. The van der Waals surface area contributed by atoms with Gasteiger partial charge in [-0.25, -0.2) is 4.79 Å². The summed E-state index contributed by atoms with van der Waals surface area (Å²) in [6.07, 6.45) is 10.1. The molecule has 0 rings (SSSR count). The molecular weight excluding hydrogens is 216 g/mol. The Hall–Kier alpha value is -1.90. The Morgan fingerprint density at radius 1 is 1.06 bits per heavy atom. The van der Waals surface area contributed by atoms with E-state index in [1.54, 1.807) is 25.2 Å². The van der Waals surface area contributed by atoms with Crippen LogP contribution < -0.4 is 0 Å². The molecule has 0 saturated carbocycles. The van der Waals surface area contributed by atoms with Gasteiger partial charge in [0.25, 0.3) is 0 Å². The molecule has 3 heteroatoms. The van der Waals surface area contributed by atoms with Gasteiger partial charge in [0.15, 0.2) is 5.78 Å². The first-order valence-corrected chi connectivity index (χ1v) is 5.43. The van der Waals surface area contributed by atoms with Gasteiger partial charge in [-0.05, 0) is 19.4 Å². The molecule has 92 valence electrons. The topological polar surface area (TPSA) is 54.4 Å². The SMILES string of the molecule is CCC(=O)\C(C)=C/C=C/C(C)=C\C=C\C(=O)O. The highest BCUT2D eigenvalue weighted by atomic mass is 16.4. The van der Waals surface area contributed by atoms with Crippen molar-refractivity contribution in [3.05, 3.63) is 47.6 Å². The number of carbonyl (C=O) groups is 2. The molecule has 0 aliphatic heterocycles. The van der Waals surface area contributed by atoms with Gasteiger partial charge in [-0.1, -0.05) is 42.9 Å². The van der Waals surface area contributed by atoms with Crippen molar-refractivity contribution < 1.29 is 14.7 Å². The predicted molar refractivity (Wildman–Crippen MR) is 68.7 cm³/mol. The molecule has 0 fully saturated rings. The van der Waals surface area contributed by atoms with E-state index in [1.165, 1.54) is 6.08 Å². The van der Waals surface area contributed by atoms with Crippen LogP contribution in [0.1, 0.15) is 27.2 Å². The van der Waals surface area contributed by atoms with E-state index in [-0.39, 0.29) is 5.78 Å². The summed E-state index contributed by atoms with van der Waals surface area (Å²) in [6, 6.07) is 0. The fourth-order valence-corrected chi connectivity index (χ4v) is 1.05. The number of carboxylic acid groups (broad SMARTS) is 1. The lowest BCUT2D eigenvalue weighted by atomic mass is 10.1. The summed E-state index contributed by atoms with van der Waals surface area (Å²) in [5.41, 5.74) is 1.63. The zero-order chi connectivity index (χ0) is 13.3. The lowest BCUT2D eigenvalue weighted by molar-refractivity contribution is -0.131. The summed E-state index contributed by atoms with van der Waals surface area (Å²) in [5.74, 6) is -0.843. The van der Waals surface area contributed by atoms with Crippen molar-refractivity contribution >= 4 is 11.8 Å². The van der Waals surface area contributed by atoms with Crippen LogP contribution >= 0.6 is 0 Å². The fourth-order valence-electron chi connectivity index (χ4n) is 1.05. The minimum atomic E-state index is -0.970. The van der Waals surface area contributed by atoms with Crippen LogP contribution in [-0.4, -0.2) is 16.9 Å². The van der Waals surface area contributed by atoms with Crippen LogP contribution in [0.3, 0.4) is 0 Å². The molecule has 3 nitrogen and oxygen atoms in total. The van der Waals surface area contributed by atoms with Crippen LogP contribution in [0, 0.1) is 0 Å². The van der Waals surface area contributed by atoms with Crippen molar-refractivity contribution in [2.75, 3.05) is 0 Å². The molecule has 0 bridgehead atoms. The first-order chi connectivity index (χ1) is 7.97. The lowest BCUT2D eigenvalue weighted by Crippen LogP contribution is -1.95. The fraction of sp³-hybridized carbons (Fsp3) is 0.286. The number of Topliss-reactive ketones (excluding diaryl/α,β-unsaturated/α-hetero) is 1. The molecule has 0 atom stereocenters. The van der Waals surface area contributed by atoms with Crippen LogP contribution in [0.2, 0.25) is 0 Å². The third-order valence-electron chi connectivity index (χ3n) is 2.06. The van der Waals surface area contributed by atoms with E-state index in [0.717, 1.165) is 17.2 Å². The average Bonchev–Trinajstić information content (AvgIpc) is 2.27. The molecule has 0 unspecified atom stereocenters. The van der Waals surface area contributed by atoms with Gasteiger partial charge in [-0.3, -0.25) is 4.79 Å².